The third kappa shape index (κ3) is 2.38. The molecular weight excluding hydrogens is 282 g/mol. The van der Waals surface area contributed by atoms with E-state index in [1.165, 1.54) is 0 Å². The summed E-state index contributed by atoms with van der Waals surface area (Å²) in [7, 11) is 0. The summed E-state index contributed by atoms with van der Waals surface area (Å²) in [6, 6.07) is 5.57. The molecule has 0 saturated carbocycles. The van der Waals surface area contributed by atoms with Crippen molar-refractivity contribution in [1.29, 1.82) is 0 Å². The number of hydrogen-bond acceptors (Lipinski definition) is 3. The minimum atomic E-state index is -0.744. The van der Waals surface area contributed by atoms with E-state index in [4.69, 9.17) is 11.6 Å². The number of thiazole rings is 1. The lowest BCUT2D eigenvalue weighted by Crippen LogP contribution is -2.23. The summed E-state index contributed by atoms with van der Waals surface area (Å²) in [5.41, 5.74) is 0.892. The van der Waals surface area contributed by atoms with Gasteiger partial charge in [0.15, 0.2) is 0 Å². The van der Waals surface area contributed by atoms with Crippen LogP contribution in [0.2, 0.25) is 5.02 Å². The maximum Gasteiger partial charge on any atom is 0.307 e. The van der Waals surface area contributed by atoms with Crippen LogP contribution in [0.3, 0.4) is 0 Å². The van der Waals surface area contributed by atoms with Gasteiger partial charge < -0.3 is 5.11 Å². The zero-order valence-electron chi connectivity index (χ0n) is 10.0. The van der Waals surface area contributed by atoms with Gasteiger partial charge in [-0.3, -0.25) is 4.79 Å². The number of carboxylic acid groups (broad SMARTS) is 1. The Kier molecular flexibility index (Phi) is 3.29. The number of carboxylic acids is 1. The van der Waals surface area contributed by atoms with Gasteiger partial charge in [0.25, 0.3) is 0 Å². The summed E-state index contributed by atoms with van der Waals surface area (Å²) in [6.07, 6.45) is 5.31. The van der Waals surface area contributed by atoms with Crippen molar-refractivity contribution in [2.24, 2.45) is 5.92 Å². The van der Waals surface area contributed by atoms with Crippen molar-refractivity contribution in [2.45, 2.75) is 18.8 Å². The predicted molar refractivity (Wildman–Crippen MR) is 76.9 cm³/mol. The minimum absolute atomic E-state index is 0.0290. The molecule has 0 bridgehead atoms. The van der Waals surface area contributed by atoms with Crippen LogP contribution in [0.1, 0.15) is 23.8 Å². The molecule has 1 aliphatic carbocycles. The Morgan fingerprint density at radius 2 is 2.16 bits per heavy atom. The second-order valence-corrected chi connectivity index (χ2v) is 6.16. The fourth-order valence-corrected chi connectivity index (χ4v) is 3.86. The Bertz CT molecular complexity index is 665. The maximum absolute atomic E-state index is 11.3. The first kappa shape index (κ1) is 12.6. The number of aliphatic carboxylic acids is 1. The zero-order valence-corrected chi connectivity index (χ0v) is 11.6. The first-order chi connectivity index (χ1) is 9.15. The van der Waals surface area contributed by atoms with E-state index in [-0.39, 0.29) is 11.8 Å². The lowest BCUT2D eigenvalue weighted by Gasteiger charge is -2.22. The number of allylic oxidation sites excluding steroid dienone is 2. The molecule has 1 aromatic carbocycles. The largest absolute Gasteiger partial charge is 0.481 e. The molecule has 5 heteroatoms. The lowest BCUT2D eigenvalue weighted by molar-refractivity contribution is -0.142. The van der Waals surface area contributed by atoms with E-state index in [1.54, 1.807) is 11.3 Å². The van der Waals surface area contributed by atoms with Gasteiger partial charge in [-0.1, -0.05) is 23.8 Å². The summed E-state index contributed by atoms with van der Waals surface area (Å²) >= 11 is 7.51. The Morgan fingerprint density at radius 1 is 1.37 bits per heavy atom. The van der Waals surface area contributed by atoms with Gasteiger partial charge >= 0.3 is 5.97 Å². The van der Waals surface area contributed by atoms with Crippen molar-refractivity contribution < 1.29 is 9.90 Å². The van der Waals surface area contributed by atoms with Gasteiger partial charge in [-0.25, -0.2) is 4.98 Å². The van der Waals surface area contributed by atoms with Gasteiger partial charge in [-0.05, 0) is 31.0 Å². The molecular formula is C14H12ClNO2S. The Balaban J connectivity index is 2.02. The average molecular weight is 294 g/mol. The molecule has 2 atom stereocenters. The van der Waals surface area contributed by atoms with Crippen LogP contribution in [0.25, 0.3) is 10.2 Å². The molecule has 2 aromatic rings. The number of carbonyl (C=O) groups is 1. The van der Waals surface area contributed by atoms with Gasteiger partial charge in [0, 0.05) is 10.9 Å². The standard InChI is InChI=1S/C14H12ClNO2S/c15-8-5-6-11-12(7-8)19-13(16-11)9-3-1-2-4-10(9)14(17)18/h1-2,5-7,9-10H,3-4H2,(H,17,18)/t9-,10+/m1/s1. The molecule has 0 unspecified atom stereocenters. The number of nitrogens with zero attached hydrogens (tertiary/aromatic N) is 1. The van der Waals surface area contributed by atoms with Crippen LogP contribution >= 0.6 is 22.9 Å². The normalized spacial score (nSPS) is 22.8. The Morgan fingerprint density at radius 3 is 2.95 bits per heavy atom. The second kappa shape index (κ2) is 4.94. The van der Waals surface area contributed by atoms with Gasteiger partial charge in [-0.2, -0.15) is 0 Å². The number of aromatic nitrogens is 1. The number of rotatable bonds is 2. The molecule has 0 saturated heterocycles. The number of fused-ring (bicyclic) bond motifs is 1. The van der Waals surface area contributed by atoms with Crippen molar-refractivity contribution in [2.75, 3.05) is 0 Å². The summed E-state index contributed by atoms with van der Waals surface area (Å²) in [6.45, 7) is 0. The molecule has 3 rings (SSSR count). The summed E-state index contributed by atoms with van der Waals surface area (Å²) in [4.78, 5) is 15.9. The highest BCUT2D eigenvalue weighted by atomic mass is 35.5. The van der Waals surface area contributed by atoms with Crippen molar-refractivity contribution in [1.82, 2.24) is 4.98 Å². The van der Waals surface area contributed by atoms with Crippen LogP contribution in [0.15, 0.2) is 30.4 Å². The predicted octanol–water partition coefficient (Wildman–Crippen LogP) is 4.08. The number of halogens is 1. The van der Waals surface area contributed by atoms with Gasteiger partial charge in [0.1, 0.15) is 0 Å². The molecule has 0 spiro atoms. The fourth-order valence-electron chi connectivity index (χ4n) is 2.43. The molecule has 1 heterocycles. The molecule has 0 fully saturated rings. The lowest BCUT2D eigenvalue weighted by atomic mass is 9.83. The highest BCUT2D eigenvalue weighted by molar-refractivity contribution is 7.18. The van der Waals surface area contributed by atoms with E-state index < -0.39 is 5.97 Å². The van der Waals surface area contributed by atoms with E-state index in [0.29, 0.717) is 11.4 Å². The second-order valence-electron chi connectivity index (χ2n) is 4.66. The van der Waals surface area contributed by atoms with Gasteiger partial charge in [-0.15, -0.1) is 11.3 Å². The van der Waals surface area contributed by atoms with Crippen molar-refractivity contribution in [3.8, 4) is 0 Å². The van der Waals surface area contributed by atoms with E-state index in [0.717, 1.165) is 21.6 Å². The fraction of sp³-hybridized carbons (Fsp3) is 0.286. The maximum atomic E-state index is 11.3. The third-order valence-corrected chi connectivity index (χ3v) is 4.82. The van der Waals surface area contributed by atoms with Crippen LogP contribution < -0.4 is 0 Å². The van der Waals surface area contributed by atoms with E-state index in [9.17, 15) is 9.90 Å². The minimum Gasteiger partial charge on any atom is -0.481 e. The molecule has 1 aromatic heterocycles. The highest BCUT2D eigenvalue weighted by Gasteiger charge is 2.32. The first-order valence-corrected chi connectivity index (χ1v) is 7.28. The molecule has 0 radical (unpaired) electrons. The number of hydrogen-bond donors (Lipinski definition) is 1. The highest BCUT2D eigenvalue weighted by Crippen LogP contribution is 2.38. The molecule has 1 N–H and O–H groups in total. The van der Waals surface area contributed by atoms with Crippen molar-refractivity contribution in [3.63, 3.8) is 0 Å². The van der Waals surface area contributed by atoms with Crippen LogP contribution in [0.4, 0.5) is 0 Å². The van der Waals surface area contributed by atoms with Crippen LogP contribution in [-0.4, -0.2) is 16.1 Å². The smallest absolute Gasteiger partial charge is 0.307 e. The van der Waals surface area contributed by atoms with Crippen LogP contribution in [-0.2, 0) is 4.79 Å². The Hall–Kier alpha value is -1.39. The molecule has 19 heavy (non-hydrogen) atoms. The number of benzene rings is 1. The van der Waals surface area contributed by atoms with Gasteiger partial charge in [0.05, 0.1) is 21.1 Å². The molecule has 0 amide bonds. The van der Waals surface area contributed by atoms with E-state index >= 15 is 0 Å². The van der Waals surface area contributed by atoms with Crippen LogP contribution in [0.5, 0.6) is 0 Å². The monoisotopic (exact) mass is 293 g/mol. The zero-order chi connectivity index (χ0) is 13.4. The van der Waals surface area contributed by atoms with Crippen molar-refractivity contribution in [3.05, 3.63) is 40.4 Å². The van der Waals surface area contributed by atoms with E-state index in [1.807, 2.05) is 30.4 Å². The third-order valence-electron chi connectivity index (χ3n) is 3.43. The summed E-state index contributed by atoms with van der Waals surface area (Å²) in [5.74, 6) is -1.15. The topological polar surface area (TPSA) is 50.2 Å². The Labute approximate surface area is 119 Å². The first-order valence-electron chi connectivity index (χ1n) is 6.09. The van der Waals surface area contributed by atoms with Crippen LogP contribution in [0, 0.1) is 5.92 Å². The average Bonchev–Trinajstić information content (AvgIpc) is 2.81. The van der Waals surface area contributed by atoms with Gasteiger partial charge in [0.2, 0.25) is 0 Å². The quantitative estimate of drug-likeness (QED) is 0.849. The summed E-state index contributed by atoms with van der Waals surface area (Å²) < 4.78 is 1.01. The van der Waals surface area contributed by atoms with E-state index in [2.05, 4.69) is 4.98 Å². The molecule has 98 valence electrons. The molecule has 3 nitrogen and oxygen atoms in total. The SMILES string of the molecule is O=C(O)[C@H]1CC=CC[C@H]1c1nc2ccc(Cl)cc2s1. The molecule has 0 aliphatic heterocycles. The molecule has 1 aliphatic rings. The van der Waals surface area contributed by atoms with Crippen molar-refractivity contribution >= 4 is 39.1 Å². The summed E-state index contributed by atoms with van der Waals surface area (Å²) in [5, 5.41) is 10.9.